The van der Waals surface area contributed by atoms with Crippen molar-refractivity contribution in [1.29, 1.82) is 0 Å². The Hall–Kier alpha value is -13.0. The summed E-state index contributed by atoms with van der Waals surface area (Å²) in [6.45, 7) is 9.66. The van der Waals surface area contributed by atoms with Gasteiger partial charge in [-0.1, -0.05) is 55.1 Å². The summed E-state index contributed by atoms with van der Waals surface area (Å²) in [7, 11) is -35.3. The van der Waals surface area contributed by atoms with E-state index < -0.39 is 179 Å². The van der Waals surface area contributed by atoms with E-state index in [9.17, 15) is 96.5 Å². The van der Waals surface area contributed by atoms with Crippen molar-refractivity contribution in [3.63, 3.8) is 0 Å². The van der Waals surface area contributed by atoms with Crippen LogP contribution in [0.3, 0.4) is 0 Å². The van der Waals surface area contributed by atoms with E-state index in [1.54, 1.807) is 39.0 Å². The maximum Gasteiger partial charge on any atom is 0.297 e. The number of nitrogens with two attached hydrogens (primary N) is 2. The fourth-order valence-corrected chi connectivity index (χ4v) is 17.8. The Morgan fingerprint density at radius 3 is 1.26 bits per heavy atom. The summed E-state index contributed by atoms with van der Waals surface area (Å²) < 4.78 is 241. The van der Waals surface area contributed by atoms with E-state index in [2.05, 4.69) is 98.7 Å². The molecule has 0 amide bonds. The van der Waals surface area contributed by atoms with Gasteiger partial charge in [-0.15, -0.1) is 35.8 Å². The molecule has 121 heavy (non-hydrogen) atoms. The summed E-state index contributed by atoms with van der Waals surface area (Å²) in [5.74, 6) is -3.10. The predicted molar refractivity (Wildman–Crippen MR) is 442 cm³/mol. The number of aryl methyl sites for hydroxylation is 4. The Bertz CT molecular complexity index is 7740. The minimum Gasteiger partial charge on any atom is -0.505 e. The van der Waals surface area contributed by atoms with Gasteiger partial charge in [-0.3, -0.25) is 27.3 Å². The van der Waals surface area contributed by atoms with Crippen LogP contribution < -0.4 is 32.7 Å². The third kappa shape index (κ3) is 18.0. The molecule has 622 valence electrons. The lowest BCUT2D eigenvalue weighted by molar-refractivity contribution is 0.472. The largest absolute Gasteiger partial charge is 0.505 e. The summed E-state index contributed by atoms with van der Waals surface area (Å²) in [5.41, 5.74) is 9.58. The average Bonchev–Trinajstić information content (AvgIpc) is 0.749. The first-order valence-corrected chi connectivity index (χ1v) is 44.4. The molecular weight excluding hydrogens is 1770 g/mol. The van der Waals surface area contributed by atoms with Gasteiger partial charge in [0.25, 0.3) is 60.7 Å². The van der Waals surface area contributed by atoms with Crippen molar-refractivity contribution in [3.8, 4) is 11.5 Å². The normalized spacial score (nSPS) is 12.8. The van der Waals surface area contributed by atoms with Crippen LogP contribution in [0.15, 0.2) is 227 Å². The smallest absolute Gasteiger partial charge is 0.297 e. The van der Waals surface area contributed by atoms with Crippen molar-refractivity contribution in [1.82, 2.24) is 29.9 Å². The van der Waals surface area contributed by atoms with E-state index in [-0.39, 0.29) is 95.0 Å². The van der Waals surface area contributed by atoms with Crippen molar-refractivity contribution in [3.05, 3.63) is 184 Å². The number of sulfone groups is 1. The molecule has 0 aliphatic heterocycles. The second-order valence-corrected chi connectivity index (χ2v) is 36.7. The molecule has 0 unspecified atom stereocenters. The number of hydrogen-bond acceptors (Lipinski definition) is 36. The van der Waals surface area contributed by atoms with Gasteiger partial charge < -0.3 is 42.9 Å². The molecule has 0 bridgehead atoms. The van der Waals surface area contributed by atoms with Crippen molar-refractivity contribution < 1.29 is 96.5 Å². The highest BCUT2D eigenvalue weighted by Crippen LogP contribution is 2.51. The summed E-state index contributed by atoms with van der Waals surface area (Å²) in [6, 6.07) is 27.9. The van der Waals surface area contributed by atoms with Gasteiger partial charge in [0, 0.05) is 44.3 Å². The Morgan fingerprint density at radius 1 is 0.355 bits per heavy atom. The average molecular weight is 1820 g/mol. The number of fused-ring (bicyclic) bond motifs is 4. The van der Waals surface area contributed by atoms with Crippen LogP contribution in [0.2, 0.25) is 10.6 Å². The van der Waals surface area contributed by atoms with E-state index in [4.69, 9.17) is 34.7 Å². The van der Waals surface area contributed by atoms with Crippen molar-refractivity contribution in [2.24, 2.45) is 40.9 Å². The second kappa shape index (κ2) is 31.9. The molecule has 11 aromatic carbocycles. The van der Waals surface area contributed by atoms with E-state index in [0.717, 1.165) is 66.7 Å². The first-order chi connectivity index (χ1) is 56.5. The number of anilines is 10. The highest BCUT2D eigenvalue weighted by Gasteiger charge is 2.31. The van der Waals surface area contributed by atoms with Crippen molar-refractivity contribution in [2.75, 3.05) is 32.7 Å². The van der Waals surface area contributed by atoms with Gasteiger partial charge in [-0.25, -0.2) is 8.42 Å². The molecule has 13 rings (SSSR count). The quantitative estimate of drug-likeness (QED) is 0.0152. The summed E-state index contributed by atoms with van der Waals surface area (Å²) in [4.78, 5) is 19.4. The molecule has 0 saturated heterocycles. The number of phenols is 2. The Morgan fingerprint density at radius 2 is 0.760 bits per heavy atom. The van der Waals surface area contributed by atoms with Gasteiger partial charge in [-0.05, 0) is 180 Å². The second-order valence-electron chi connectivity index (χ2n) is 25.9. The molecule has 0 spiro atoms. The van der Waals surface area contributed by atoms with E-state index >= 15 is 0 Å². The number of halogens is 2. The molecule has 51 heteroatoms. The summed E-state index contributed by atoms with van der Waals surface area (Å²) in [5, 5.41) is 65.6. The van der Waals surface area contributed by atoms with Gasteiger partial charge in [0.2, 0.25) is 34.4 Å². The SMILES string of the molecule is C=CS(=O)(=O)c1cc(Nc2nc(Cl)nc(Nc3ccc(C)c(N=Nc4c(C)cc5cc(S(=O)(=O)O)c(N=Nc6ccc7c(C)cccc7c6S(=O)(=O)O)c(O)c5c4N)c3)n2)cc(Nc2nc(Cl)nc(Nc3ccc(S(=O)(=O)O)c(N=Nc4c(S(=O)(=O)O)cc5cc(C)c(N=Nc6ccc7c(S(=O)(=O)O)cccc7c6S(=O)(=O)O)c(O)c5c4N)c3)n2)c1. The number of nitrogens with one attached hydrogen (secondary N) is 4. The summed E-state index contributed by atoms with van der Waals surface area (Å²) in [6.07, 6.45) is 0. The molecule has 16 N–H and O–H groups in total. The van der Waals surface area contributed by atoms with Gasteiger partial charge in [0.1, 0.15) is 69.2 Å². The first kappa shape index (κ1) is 85.9. The minimum absolute atomic E-state index is 0.00834. The fourth-order valence-electron chi connectivity index (χ4n) is 12.4. The molecule has 0 aliphatic carbocycles. The molecular formula is C70H54Cl2N20O22S7. The number of azo groups is 4. The predicted octanol–water partition coefficient (Wildman–Crippen LogP) is 15.8. The molecule has 0 saturated carbocycles. The van der Waals surface area contributed by atoms with Crippen LogP contribution in [0.5, 0.6) is 11.5 Å². The van der Waals surface area contributed by atoms with Crippen molar-refractivity contribution in [2.45, 2.75) is 62.0 Å². The van der Waals surface area contributed by atoms with E-state index in [0.29, 0.717) is 27.5 Å². The van der Waals surface area contributed by atoms with Crippen LogP contribution in [0.25, 0.3) is 43.1 Å². The van der Waals surface area contributed by atoms with Crippen LogP contribution in [0, 0.1) is 27.7 Å². The number of nitrogens with zero attached hydrogens (tertiary/aromatic N) is 14. The number of nitrogen functional groups attached to an aromatic ring is 2. The van der Waals surface area contributed by atoms with Gasteiger partial charge in [-0.2, -0.15) is 85.5 Å². The molecule has 0 radical (unpaired) electrons. The molecule has 2 heterocycles. The summed E-state index contributed by atoms with van der Waals surface area (Å²) >= 11 is 12.8. The minimum atomic E-state index is -5.37. The third-order valence-electron chi connectivity index (χ3n) is 17.8. The highest BCUT2D eigenvalue weighted by molar-refractivity contribution is 7.94. The molecule has 42 nitrogen and oxygen atoms in total. The van der Waals surface area contributed by atoms with E-state index in [1.165, 1.54) is 61.5 Å². The zero-order valence-electron chi connectivity index (χ0n) is 61.4. The maximum absolute atomic E-state index is 13.5. The lowest BCUT2D eigenvalue weighted by atomic mass is 10.0. The number of benzene rings is 11. The molecule has 2 aromatic heterocycles. The van der Waals surface area contributed by atoms with Gasteiger partial charge >= 0.3 is 0 Å². The van der Waals surface area contributed by atoms with Crippen LogP contribution in [-0.2, 0) is 70.5 Å². The molecule has 13 aromatic rings. The monoisotopic (exact) mass is 1820 g/mol. The number of aromatic hydroxyl groups is 2. The number of aromatic nitrogens is 6. The van der Waals surface area contributed by atoms with E-state index in [1.807, 2.05) is 0 Å². The lowest BCUT2D eigenvalue weighted by Gasteiger charge is -2.14. The van der Waals surface area contributed by atoms with Gasteiger partial charge in [0.05, 0.1) is 32.7 Å². The first-order valence-electron chi connectivity index (χ1n) is 33.5. The number of phenolic OH excluding ortho intramolecular Hbond substituents is 2. The lowest BCUT2D eigenvalue weighted by Crippen LogP contribution is -2.07. The van der Waals surface area contributed by atoms with Gasteiger partial charge in [0.15, 0.2) is 21.3 Å². The van der Waals surface area contributed by atoms with Crippen LogP contribution >= 0.6 is 23.2 Å². The fraction of sp³-hybridized carbons (Fsp3) is 0.0571. The Labute approximate surface area is 693 Å². The molecule has 0 aliphatic rings. The maximum atomic E-state index is 13.5. The zero-order chi connectivity index (χ0) is 87.9. The van der Waals surface area contributed by atoms with Crippen LogP contribution in [0.1, 0.15) is 22.3 Å². The zero-order valence-corrected chi connectivity index (χ0v) is 68.6. The molecule has 0 fully saturated rings. The Balaban J connectivity index is 0.760. The Kier molecular flexibility index (Phi) is 22.7. The highest BCUT2D eigenvalue weighted by atomic mass is 35.5. The topological polar surface area (TPSA) is 677 Å². The standard InChI is InChI=1S/C70H54Cl2N20O22S7/c1-6-115(95,96)40-26-38(77-69-81-65(71)79-67(83-69)75-36-14-13-31(3)47(28-36)87-89-57-32(4)21-34-24-52(119(106,107)108)60(62(94)53(34)55(57)73)92-86-45-18-16-41-30(2)9-7-10-43(41)63(45)120(109,110)111)25-39(27-40)78-70-82-66(72)80-68(84-70)76-37-15-20-50(117(100,101)102)48(29-37)88-91-59-51(118(103,104)105)23-35-22-33(5)58(61(93)54(35)56(59)74)90-85-46-19-17-42-44(64(46)121(112,113)114)11-8-12-49(42)116(97,98)99/h6-29,93-94H,1,73-74H2,2-5H3,(H,97,98,99)(H,100,101,102)(H,103,104,105)(H,106,107,108)(H,109,110,111)(H,112,113,114)(H2,75,77,79,81,83)(H2,76,78,80,82,84). The third-order valence-corrected chi connectivity index (χ3v) is 24.9. The van der Waals surface area contributed by atoms with Crippen LogP contribution in [0.4, 0.5) is 103 Å². The van der Waals surface area contributed by atoms with Crippen LogP contribution in [-0.4, -0.2) is 126 Å². The number of rotatable bonds is 24. The van der Waals surface area contributed by atoms with Crippen molar-refractivity contribution >= 4 is 240 Å². The molecule has 0 atom stereocenters. The number of hydrogen-bond donors (Lipinski definition) is 14.